The number of halogens is 1. The Morgan fingerprint density at radius 3 is 2.12 bits per heavy atom. The van der Waals surface area contributed by atoms with Gasteiger partial charge in [0.15, 0.2) is 0 Å². The third-order valence-corrected chi connectivity index (χ3v) is 10.6. The van der Waals surface area contributed by atoms with Crippen LogP contribution in [0.15, 0.2) is 114 Å². The number of nitrogens with zero attached hydrogens (tertiary/aromatic N) is 2. The molecule has 252 valence electrons. The molecule has 1 N–H and O–H groups in total. The number of carbonyl (C=O) groups excluding carboxylic acids is 2. The number of benzene rings is 4. The minimum Gasteiger partial charge on any atom is -0.492 e. The Hall–Kier alpha value is -4.34. The Labute approximate surface area is 288 Å². The average Bonchev–Trinajstić information content (AvgIpc) is 3.11. The van der Waals surface area contributed by atoms with Crippen LogP contribution in [-0.2, 0) is 32.6 Å². The van der Waals surface area contributed by atoms with E-state index in [-0.39, 0.29) is 35.5 Å². The molecule has 0 aromatic heterocycles. The summed E-state index contributed by atoms with van der Waals surface area (Å²) in [5, 5.41) is 3.77. The Bertz CT molecular complexity index is 1750. The first-order valence-electron chi connectivity index (χ1n) is 16.4. The van der Waals surface area contributed by atoms with Crippen LogP contribution in [0.1, 0.15) is 50.2 Å². The molecule has 1 aliphatic rings. The standard InChI is InChI=1S/C38H42ClN3O5S/c1-2-47-36-21-13-12-20-34(36)42(48(45,46)33-18-10-5-11-19-33)28-37(43)41(27-30-22-24-31(39)25-23-30)35(26-29-14-6-3-7-15-29)38(44)40-32-16-8-4-9-17-32/h3,5-7,10-15,18-25,32,35H,2,4,8-9,16-17,26-28H2,1H3,(H,40,44)/t35-/m1/s1. The van der Waals surface area contributed by atoms with E-state index in [9.17, 15) is 18.0 Å². The molecule has 1 atom stereocenters. The summed E-state index contributed by atoms with van der Waals surface area (Å²) < 4.78 is 35.5. The van der Waals surface area contributed by atoms with Gasteiger partial charge in [0.1, 0.15) is 18.3 Å². The molecule has 8 nitrogen and oxygen atoms in total. The van der Waals surface area contributed by atoms with E-state index >= 15 is 0 Å². The van der Waals surface area contributed by atoms with Crippen molar-refractivity contribution in [3.05, 3.63) is 125 Å². The van der Waals surface area contributed by atoms with Crippen molar-refractivity contribution in [3.63, 3.8) is 0 Å². The monoisotopic (exact) mass is 687 g/mol. The lowest BCUT2D eigenvalue weighted by Crippen LogP contribution is -2.55. The van der Waals surface area contributed by atoms with Crippen molar-refractivity contribution >= 4 is 39.1 Å². The molecular weight excluding hydrogens is 646 g/mol. The molecule has 48 heavy (non-hydrogen) atoms. The fourth-order valence-electron chi connectivity index (χ4n) is 6.06. The number of rotatable bonds is 14. The molecule has 0 bridgehead atoms. The number of anilines is 1. The van der Waals surface area contributed by atoms with E-state index < -0.39 is 28.5 Å². The Morgan fingerprint density at radius 2 is 1.46 bits per heavy atom. The van der Waals surface area contributed by atoms with Gasteiger partial charge in [0.25, 0.3) is 10.0 Å². The molecule has 4 aromatic rings. The van der Waals surface area contributed by atoms with Crippen molar-refractivity contribution in [3.8, 4) is 5.75 Å². The number of ether oxygens (including phenoxy) is 1. The van der Waals surface area contributed by atoms with Crippen LogP contribution in [0.4, 0.5) is 5.69 Å². The number of para-hydroxylation sites is 2. The highest BCUT2D eigenvalue weighted by Gasteiger charge is 2.36. The summed E-state index contributed by atoms with van der Waals surface area (Å²) in [6.07, 6.45) is 5.22. The number of nitrogens with one attached hydrogen (secondary N) is 1. The molecule has 0 aliphatic heterocycles. The predicted octanol–water partition coefficient (Wildman–Crippen LogP) is 7.02. The maximum atomic E-state index is 14.7. The Kier molecular flexibility index (Phi) is 12.1. The lowest BCUT2D eigenvalue weighted by atomic mass is 9.94. The van der Waals surface area contributed by atoms with Crippen molar-refractivity contribution in [2.45, 2.75) is 69.0 Å². The number of hydrogen-bond donors (Lipinski definition) is 1. The Balaban J connectivity index is 1.58. The summed E-state index contributed by atoms with van der Waals surface area (Å²) in [4.78, 5) is 30.5. The molecule has 0 radical (unpaired) electrons. The maximum Gasteiger partial charge on any atom is 0.264 e. The van der Waals surface area contributed by atoms with Gasteiger partial charge in [-0.2, -0.15) is 0 Å². The summed E-state index contributed by atoms with van der Waals surface area (Å²) in [7, 11) is -4.24. The zero-order valence-electron chi connectivity index (χ0n) is 27.1. The third-order valence-electron chi connectivity index (χ3n) is 8.53. The van der Waals surface area contributed by atoms with Crippen molar-refractivity contribution in [2.75, 3.05) is 17.5 Å². The topological polar surface area (TPSA) is 96.0 Å². The molecule has 2 amide bonds. The fraction of sp³-hybridized carbons (Fsp3) is 0.316. The lowest BCUT2D eigenvalue weighted by molar-refractivity contribution is -0.140. The van der Waals surface area contributed by atoms with Crippen LogP contribution in [0.5, 0.6) is 5.75 Å². The molecule has 1 aliphatic carbocycles. The van der Waals surface area contributed by atoms with E-state index in [4.69, 9.17) is 16.3 Å². The van der Waals surface area contributed by atoms with Gasteiger partial charge in [0.05, 0.1) is 17.2 Å². The first-order chi connectivity index (χ1) is 23.3. The summed E-state index contributed by atoms with van der Waals surface area (Å²) in [5.41, 5.74) is 1.86. The van der Waals surface area contributed by atoms with E-state index in [0.29, 0.717) is 17.4 Å². The zero-order chi connectivity index (χ0) is 33.9. The second kappa shape index (κ2) is 16.7. The lowest BCUT2D eigenvalue weighted by Gasteiger charge is -2.35. The van der Waals surface area contributed by atoms with Crippen molar-refractivity contribution < 1.29 is 22.7 Å². The van der Waals surface area contributed by atoms with Crippen LogP contribution < -0.4 is 14.4 Å². The predicted molar refractivity (Wildman–Crippen MR) is 190 cm³/mol. The normalized spacial score (nSPS) is 14.1. The number of carbonyl (C=O) groups is 2. The summed E-state index contributed by atoms with van der Waals surface area (Å²) in [6.45, 7) is 1.62. The van der Waals surface area contributed by atoms with Gasteiger partial charge in [-0.25, -0.2) is 8.42 Å². The summed E-state index contributed by atoms with van der Waals surface area (Å²) >= 11 is 6.20. The SMILES string of the molecule is CCOc1ccccc1N(CC(=O)N(Cc1ccc(Cl)cc1)[C@H](Cc1ccccc1)C(=O)NC1CCCCC1)S(=O)(=O)c1ccccc1. The summed E-state index contributed by atoms with van der Waals surface area (Å²) in [5.74, 6) is -0.469. The van der Waals surface area contributed by atoms with E-state index in [1.807, 2.05) is 49.4 Å². The van der Waals surface area contributed by atoms with Gasteiger partial charge in [0.2, 0.25) is 11.8 Å². The minimum absolute atomic E-state index is 0.0185. The number of sulfonamides is 1. The van der Waals surface area contributed by atoms with Gasteiger partial charge in [-0.1, -0.05) is 104 Å². The van der Waals surface area contributed by atoms with Crippen LogP contribution in [0.25, 0.3) is 0 Å². The second-order valence-electron chi connectivity index (χ2n) is 11.9. The van der Waals surface area contributed by atoms with E-state index in [2.05, 4.69) is 5.32 Å². The van der Waals surface area contributed by atoms with Crippen molar-refractivity contribution in [1.82, 2.24) is 10.2 Å². The van der Waals surface area contributed by atoms with Gasteiger partial charge >= 0.3 is 0 Å². The highest BCUT2D eigenvalue weighted by molar-refractivity contribution is 7.92. The number of amides is 2. The van der Waals surface area contributed by atoms with E-state index in [1.165, 1.54) is 17.0 Å². The third kappa shape index (κ3) is 8.96. The van der Waals surface area contributed by atoms with Crippen molar-refractivity contribution in [1.29, 1.82) is 0 Å². The van der Waals surface area contributed by atoms with E-state index in [0.717, 1.165) is 47.5 Å². The smallest absolute Gasteiger partial charge is 0.264 e. The first kappa shape index (κ1) is 35.0. The minimum atomic E-state index is -4.24. The zero-order valence-corrected chi connectivity index (χ0v) is 28.7. The molecule has 0 heterocycles. The van der Waals surface area contributed by atoms with Gasteiger partial charge in [-0.05, 0) is 67.3 Å². The fourth-order valence-corrected chi connectivity index (χ4v) is 7.63. The number of hydrogen-bond acceptors (Lipinski definition) is 5. The quantitative estimate of drug-likeness (QED) is 0.154. The van der Waals surface area contributed by atoms with Crippen LogP contribution >= 0.6 is 11.6 Å². The van der Waals surface area contributed by atoms with Crippen LogP contribution in [0.3, 0.4) is 0 Å². The van der Waals surface area contributed by atoms with Crippen LogP contribution in [0.2, 0.25) is 5.02 Å². The molecule has 4 aromatic carbocycles. The van der Waals surface area contributed by atoms with Crippen LogP contribution in [-0.4, -0.2) is 50.4 Å². The first-order valence-corrected chi connectivity index (χ1v) is 18.3. The molecule has 0 saturated heterocycles. The van der Waals surface area contributed by atoms with Crippen molar-refractivity contribution in [2.24, 2.45) is 0 Å². The van der Waals surface area contributed by atoms with Gasteiger partial charge in [-0.3, -0.25) is 13.9 Å². The largest absolute Gasteiger partial charge is 0.492 e. The molecule has 1 fully saturated rings. The molecule has 10 heteroatoms. The molecule has 1 saturated carbocycles. The molecular formula is C38H42ClN3O5S. The maximum absolute atomic E-state index is 14.7. The second-order valence-corrected chi connectivity index (χ2v) is 14.2. The molecule has 5 rings (SSSR count). The molecule has 0 unspecified atom stereocenters. The average molecular weight is 688 g/mol. The Morgan fingerprint density at radius 1 is 0.833 bits per heavy atom. The summed E-state index contributed by atoms with van der Waals surface area (Å²) in [6, 6.07) is 30.5. The van der Waals surface area contributed by atoms with Gasteiger partial charge in [0, 0.05) is 24.0 Å². The van der Waals surface area contributed by atoms with Crippen LogP contribution in [0, 0.1) is 0 Å². The van der Waals surface area contributed by atoms with Gasteiger partial charge in [-0.15, -0.1) is 0 Å². The highest BCUT2D eigenvalue weighted by atomic mass is 35.5. The van der Waals surface area contributed by atoms with Gasteiger partial charge < -0.3 is 15.0 Å². The van der Waals surface area contributed by atoms with E-state index in [1.54, 1.807) is 54.6 Å². The molecule has 0 spiro atoms. The highest BCUT2D eigenvalue weighted by Crippen LogP contribution is 2.33.